The van der Waals surface area contributed by atoms with Gasteiger partial charge in [-0.15, -0.1) is 23.4 Å². The minimum Gasteiger partial charge on any atom is -0.340 e. The Kier molecular flexibility index (Phi) is 5.16. The molecule has 0 saturated carbocycles. The molecule has 1 amide bonds. The summed E-state index contributed by atoms with van der Waals surface area (Å²) in [5.41, 5.74) is 0.706. The van der Waals surface area contributed by atoms with E-state index in [-0.39, 0.29) is 11.3 Å². The minimum atomic E-state index is -0.0283. The Labute approximate surface area is 106 Å². The van der Waals surface area contributed by atoms with E-state index in [0.29, 0.717) is 12.1 Å². The summed E-state index contributed by atoms with van der Waals surface area (Å²) in [6.07, 6.45) is 2.01. The molecule has 1 aromatic rings. The first-order valence-electron chi connectivity index (χ1n) is 5.08. The molecule has 0 N–H and O–H groups in total. The van der Waals surface area contributed by atoms with Crippen molar-refractivity contribution in [3.63, 3.8) is 0 Å². The van der Waals surface area contributed by atoms with Crippen molar-refractivity contribution in [3.8, 4) is 0 Å². The van der Waals surface area contributed by atoms with Crippen LogP contribution in [0.2, 0.25) is 0 Å². The van der Waals surface area contributed by atoms with Crippen molar-refractivity contribution >= 4 is 29.3 Å². The molecule has 1 unspecified atom stereocenters. The van der Waals surface area contributed by atoms with E-state index in [2.05, 4.69) is 0 Å². The molecule has 0 aliphatic heterocycles. The number of hydrogen-bond donors (Lipinski definition) is 0. The molecule has 88 valence electrons. The second-order valence-corrected chi connectivity index (χ2v) is 5.32. The van der Waals surface area contributed by atoms with Gasteiger partial charge >= 0.3 is 0 Å². The average molecular weight is 258 g/mol. The third-order valence-corrected chi connectivity index (χ3v) is 3.09. The lowest BCUT2D eigenvalue weighted by Gasteiger charge is -2.18. The van der Waals surface area contributed by atoms with Crippen LogP contribution in [0.3, 0.4) is 0 Å². The minimum absolute atomic E-state index is 0.0140. The highest BCUT2D eigenvalue weighted by Gasteiger charge is 2.12. The van der Waals surface area contributed by atoms with Crippen molar-refractivity contribution < 1.29 is 4.79 Å². The number of nitrogens with zero attached hydrogens (tertiary/aromatic N) is 1. The van der Waals surface area contributed by atoms with E-state index in [0.717, 1.165) is 4.90 Å². The summed E-state index contributed by atoms with van der Waals surface area (Å²) in [7, 11) is 1.77. The van der Waals surface area contributed by atoms with E-state index >= 15 is 0 Å². The predicted molar refractivity (Wildman–Crippen MR) is 70.5 cm³/mol. The van der Waals surface area contributed by atoms with E-state index in [1.165, 1.54) is 0 Å². The molecule has 0 aromatic heterocycles. The Morgan fingerprint density at radius 1 is 1.44 bits per heavy atom. The Balaban J connectivity index is 2.72. The van der Waals surface area contributed by atoms with Crippen LogP contribution >= 0.6 is 23.4 Å². The maximum atomic E-state index is 11.9. The molecule has 0 heterocycles. The zero-order valence-electron chi connectivity index (χ0n) is 9.74. The van der Waals surface area contributed by atoms with Gasteiger partial charge in [0.15, 0.2) is 0 Å². The van der Waals surface area contributed by atoms with Crippen LogP contribution in [0.5, 0.6) is 0 Å². The molecule has 0 radical (unpaired) electrons. The van der Waals surface area contributed by atoms with Gasteiger partial charge in [-0.1, -0.05) is 0 Å². The normalized spacial score (nSPS) is 12.2. The van der Waals surface area contributed by atoms with Crippen molar-refractivity contribution in [2.75, 3.05) is 19.8 Å². The summed E-state index contributed by atoms with van der Waals surface area (Å²) >= 11 is 7.52. The largest absolute Gasteiger partial charge is 0.340 e. The van der Waals surface area contributed by atoms with Crippen LogP contribution in [-0.2, 0) is 0 Å². The van der Waals surface area contributed by atoms with Gasteiger partial charge in [0.25, 0.3) is 5.91 Å². The second kappa shape index (κ2) is 6.16. The molecule has 0 fully saturated rings. The molecule has 1 rings (SSSR count). The molecule has 4 heteroatoms. The summed E-state index contributed by atoms with van der Waals surface area (Å²) < 4.78 is 0. The van der Waals surface area contributed by atoms with Gasteiger partial charge in [-0.05, 0) is 37.4 Å². The van der Waals surface area contributed by atoms with Crippen molar-refractivity contribution in [1.82, 2.24) is 4.90 Å². The Hall–Kier alpha value is -0.670. The SMILES string of the molecule is CSc1ccc(C(=O)N(C)CC(C)Cl)cc1. The Bertz CT molecular complexity index is 351. The highest BCUT2D eigenvalue weighted by atomic mass is 35.5. The van der Waals surface area contributed by atoms with Crippen LogP contribution in [0.15, 0.2) is 29.2 Å². The van der Waals surface area contributed by atoms with Crippen LogP contribution < -0.4 is 0 Å². The number of benzene rings is 1. The highest BCUT2D eigenvalue weighted by molar-refractivity contribution is 7.98. The lowest BCUT2D eigenvalue weighted by molar-refractivity contribution is 0.0796. The number of halogens is 1. The first-order chi connectivity index (χ1) is 7.54. The van der Waals surface area contributed by atoms with Crippen LogP contribution in [-0.4, -0.2) is 36.0 Å². The summed E-state index contributed by atoms with van der Waals surface area (Å²) in [4.78, 5) is 14.7. The quantitative estimate of drug-likeness (QED) is 0.610. The lowest BCUT2D eigenvalue weighted by Crippen LogP contribution is -2.31. The summed E-state index contributed by atoms with van der Waals surface area (Å²) in [6.45, 7) is 2.44. The number of carbonyl (C=O) groups excluding carboxylic acids is 1. The molecule has 2 nitrogen and oxygen atoms in total. The van der Waals surface area contributed by atoms with Crippen molar-refractivity contribution in [2.24, 2.45) is 0 Å². The highest BCUT2D eigenvalue weighted by Crippen LogP contribution is 2.15. The molecule has 16 heavy (non-hydrogen) atoms. The van der Waals surface area contributed by atoms with Crippen LogP contribution in [0.4, 0.5) is 0 Å². The Morgan fingerprint density at radius 3 is 2.44 bits per heavy atom. The number of rotatable bonds is 4. The zero-order chi connectivity index (χ0) is 12.1. The molecular formula is C12H16ClNOS. The molecule has 0 aliphatic rings. The van der Waals surface area contributed by atoms with Gasteiger partial charge < -0.3 is 4.90 Å². The standard InChI is InChI=1S/C12H16ClNOS/c1-9(13)8-14(2)12(15)10-4-6-11(16-3)7-5-10/h4-7,9H,8H2,1-3H3. The third kappa shape index (κ3) is 3.72. The van der Waals surface area contributed by atoms with Crippen molar-refractivity contribution in [2.45, 2.75) is 17.2 Å². The molecule has 0 bridgehead atoms. The second-order valence-electron chi connectivity index (χ2n) is 3.69. The van der Waals surface area contributed by atoms with E-state index in [1.54, 1.807) is 23.7 Å². The van der Waals surface area contributed by atoms with Gasteiger partial charge in [-0.3, -0.25) is 4.79 Å². The third-order valence-electron chi connectivity index (χ3n) is 2.21. The maximum absolute atomic E-state index is 11.9. The maximum Gasteiger partial charge on any atom is 0.253 e. The van der Waals surface area contributed by atoms with E-state index < -0.39 is 0 Å². The monoisotopic (exact) mass is 257 g/mol. The number of hydrogen-bond acceptors (Lipinski definition) is 2. The fourth-order valence-electron chi connectivity index (χ4n) is 1.41. The fourth-order valence-corrected chi connectivity index (χ4v) is 2.03. The first kappa shape index (κ1) is 13.4. The van der Waals surface area contributed by atoms with E-state index in [1.807, 2.05) is 37.4 Å². The fraction of sp³-hybridized carbons (Fsp3) is 0.417. The van der Waals surface area contributed by atoms with Gasteiger partial charge in [0.05, 0.1) is 0 Å². The van der Waals surface area contributed by atoms with Gasteiger partial charge in [0.2, 0.25) is 0 Å². The zero-order valence-corrected chi connectivity index (χ0v) is 11.3. The summed E-state index contributed by atoms with van der Waals surface area (Å²) in [5, 5.41) is -0.0283. The van der Waals surface area contributed by atoms with E-state index in [9.17, 15) is 4.79 Å². The summed E-state index contributed by atoms with van der Waals surface area (Å²) in [6, 6.07) is 7.61. The number of amides is 1. The lowest BCUT2D eigenvalue weighted by atomic mass is 10.2. The van der Waals surface area contributed by atoms with Gasteiger partial charge in [-0.2, -0.15) is 0 Å². The van der Waals surface area contributed by atoms with Gasteiger partial charge in [-0.25, -0.2) is 0 Å². The van der Waals surface area contributed by atoms with Gasteiger partial charge in [0.1, 0.15) is 0 Å². The topological polar surface area (TPSA) is 20.3 Å². The van der Waals surface area contributed by atoms with Crippen LogP contribution in [0, 0.1) is 0 Å². The van der Waals surface area contributed by atoms with E-state index in [4.69, 9.17) is 11.6 Å². The smallest absolute Gasteiger partial charge is 0.253 e. The molecule has 0 aliphatic carbocycles. The predicted octanol–water partition coefficient (Wildman–Crippen LogP) is 3.11. The summed E-state index contributed by atoms with van der Waals surface area (Å²) in [5.74, 6) is 0.0140. The molecule has 1 atom stereocenters. The molecular weight excluding hydrogens is 242 g/mol. The molecule has 0 saturated heterocycles. The molecule has 0 spiro atoms. The first-order valence-corrected chi connectivity index (χ1v) is 6.74. The average Bonchev–Trinajstić information content (AvgIpc) is 2.27. The number of alkyl halides is 1. The van der Waals surface area contributed by atoms with Crippen LogP contribution in [0.1, 0.15) is 17.3 Å². The van der Waals surface area contributed by atoms with Gasteiger partial charge in [0, 0.05) is 29.4 Å². The van der Waals surface area contributed by atoms with Crippen molar-refractivity contribution in [1.29, 1.82) is 0 Å². The van der Waals surface area contributed by atoms with Crippen LogP contribution in [0.25, 0.3) is 0 Å². The number of carbonyl (C=O) groups is 1. The molecule has 1 aromatic carbocycles. The Morgan fingerprint density at radius 2 is 2.00 bits per heavy atom. The number of thioether (sulfide) groups is 1. The van der Waals surface area contributed by atoms with Crippen molar-refractivity contribution in [3.05, 3.63) is 29.8 Å².